The first kappa shape index (κ1) is 13.1. The number of anilines is 1. The number of fused-ring (bicyclic) bond motifs is 1. The molecule has 1 aromatic rings. The summed E-state index contributed by atoms with van der Waals surface area (Å²) in [4.78, 5) is 33.6. The molecule has 0 aliphatic carbocycles. The Bertz CT molecular complexity index is 564. The fourth-order valence-electron chi connectivity index (χ4n) is 1.88. The van der Waals surface area contributed by atoms with E-state index in [1.165, 1.54) is 6.07 Å². The van der Waals surface area contributed by atoms with E-state index in [1.54, 1.807) is 13.0 Å². The zero-order valence-electron chi connectivity index (χ0n) is 10.4. The van der Waals surface area contributed by atoms with E-state index >= 15 is 0 Å². The quantitative estimate of drug-likeness (QED) is 0.800. The monoisotopic (exact) mass is 263 g/mol. The van der Waals surface area contributed by atoms with Crippen molar-refractivity contribution in [3.8, 4) is 5.75 Å². The zero-order valence-corrected chi connectivity index (χ0v) is 10.4. The van der Waals surface area contributed by atoms with Crippen LogP contribution in [0.1, 0.15) is 28.8 Å². The Balaban J connectivity index is 2.26. The van der Waals surface area contributed by atoms with Gasteiger partial charge in [0.15, 0.2) is 12.4 Å². The number of carbonyl (C=O) groups excluding carboxylic acids is 2. The summed E-state index contributed by atoms with van der Waals surface area (Å²) >= 11 is 0. The van der Waals surface area contributed by atoms with Gasteiger partial charge < -0.3 is 15.2 Å². The van der Waals surface area contributed by atoms with Crippen molar-refractivity contribution < 1.29 is 24.2 Å². The van der Waals surface area contributed by atoms with Crippen molar-refractivity contribution in [3.05, 3.63) is 23.3 Å². The molecule has 1 aliphatic rings. The highest BCUT2D eigenvalue weighted by Crippen LogP contribution is 2.31. The molecule has 0 saturated heterocycles. The average molecular weight is 263 g/mol. The zero-order chi connectivity index (χ0) is 14.0. The standard InChI is InChI=1S/C13H13NO5/c1-7-4-11-9(14-12(16)6-19-11)5-8(7)10(15)2-3-13(17)18/h4-5H,2-3,6H2,1H3,(H,14,16)(H,17,18). The van der Waals surface area contributed by atoms with Crippen LogP contribution in [0.4, 0.5) is 5.69 Å². The van der Waals surface area contributed by atoms with Gasteiger partial charge in [-0.15, -0.1) is 0 Å². The molecular formula is C13H13NO5. The van der Waals surface area contributed by atoms with Gasteiger partial charge in [0.1, 0.15) is 5.75 Å². The summed E-state index contributed by atoms with van der Waals surface area (Å²) in [5.74, 6) is -1.03. The molecule has 0 radical (unpaired) electrons. The SMILES string of the molecule is Cc1cc2c(cc1C(=O)CCC(=O)O)NC(=O)CO2. The number of nitrogens with one attached hydrogen (secondary N) is 1. The minimum Gasteiger partial charge on any atom is -0.482 e. The summed E-state index contributed by atoms with van der Waals surface area (Å²) < 4.78 is 5.23. The number of ketones is 1. The lowest BCUT2D eigenvalue weighted by molar-refractivity contribution is -0.137. The van der Waals surface area contributed by atoms with E-state index < -0.39 is 5.97 Å². The molecule has 0 aromatic heterocycles. The van der Waals surface area contributed by atoms with Crippen LogP contribution in [0, 0.1) is 6.92 Å². The second-order valence-electron chi connectivity index (χ2n) is 4.32. The van der Waals surface area contributed by atoms with Gasteiger partial charge in [0.05, 0.1) is 12.1 Å². The van der Waals surface area contributed by atoms with Crippen LogP contribution in [-0.4, -0.2) is 29.4 Å². The average Bonchev–Trinajstić information content (AvgIpc) is 2.35. The van der Waals surface area contributed by atoms with Crippen LogP contribution in [0.15, 0.2) is 12.1 Å². The van der Waals surface area contributed by atoms with Gasteiger partial charge in [-0.2, -0.15) is 0 Å². The molecule has 19 heavy (non-hydrogen) atoms. The van der Waals surface area contributed by atoms with Gasteiger partial charge in [0.25, 0.3) is 5.91 Å². The van der Waals surface area contributed by atoms with Crippen molar-refractivity contribution in [2.24, 2.45) is 0 Å². The number of ether oxygens (including phenoxy) is 1. The molecule has 2 rings (SSSR count). The molecular weight excluding hydrogens is 250 g/mol. The largest absolute Gasteiger partial charge is 0.482 e. The third kappa shape index (κ3) is 2.90. The van der Waals surface area contributed by atoms with Gasteiger partial charge in [-0.3, -0.25) is 14.4 Å². The number of amides is 1. The van der Waals surface area contributed by atoms with Gasteiger partial charge in [0.2, 0.25) is 0 Å². The lowest BCUT2D eigenvalue weighted by atomic mass is 9.99. The summed E-state index contributed by atoms with van der Waals surface area (Å²) in [5, 5.41) is 11.2. The number of carbonyl (C=O) groups is 3. The first-order valence-corrected chi connectivity index (χ1v) is 5.79. The molecule has 1 amide bonds. The third-order valence-electron chi connectivity index (χ3n) is 2.83. The summed E-state index contributed by atoms with van der Waals surface area (Å²) in [7, 11) is 0. The first-order chi connectivity index (χ1) is 8.97. The van der Waals surface area contributed by atoms with Crippen LogP contribution in [0.3, 0.4) is 0 Å². The summed E-state index contributed by atoms with van der Waals surface area (Å²) in [6.45, 7) is 1.70. The summed E-state index contributed by atoms with van der Waals surface area (Å²) in [5.41, 5.74) is 1.55. The molecule has 1 aliphatic heterocycles. The molecule has 1 aromatic carbocycles. The molecule has 0 fully saturated rings. The number of carboxylic acids is 1. The van der Waals surface area contributed by atoms with Crippen LogP contribution in [0.2, 0.25) is 0 Å². The normalized spacial score (nSPS) is 13.2. The molecule has 6 heteroatoms. The Kier molecular flexibility index (Phi) is 3.50. The summed E-state index contributed by atoms with van der Waals surface area (Å²) in [6, 6.07) is 3.20. The lowest BCUT2D eigenvalue weighted by Crippen LogP contribution is -2.25. The van der Waals surface area contributed by atoms with Gasteiger partial charge in [-0.25, -0.2) is 0 Å². The Labute approximate surface area is 109 Å². The van der Waals surface area contributed by atoms with Crippen molar-refractivity contribution in [1.29, 1.82) is 0 Å². The van der Waals surface area contributed by atoms with Gasteiger partial charge in [-0.05, 0) is 24.6 Å². The van der Waals surface area contributed by atoms with E-state index in [4.69, 9.17) is 9.84 Å². The minimum atomic E-state index is -1.01. The number of hydrogen-bond acceptors (Lipinski definition) is 4. The number of carboxylic acid groups (broad SMARTS) is 1. The molecule has 0 saturated carbocycles. The van der Waals surface area contributed by atoms with Crippen LogP contribution in [0.5, 0.6) is 5.75 Å². The van der Waals surface area contributed by atoms with Gasteiger partial charge in [0, 0.05) is 12.0 Å². The number of aryl methyl sites for hydroxylation is 1. The molecule has 0 bridgehead atoms. The second kappa shape index (κ2) is 5.09. The van der Waals surface area contributed by atoms with Gasteiger partial charge >= 0.3 is 5.97 Å². The highest BCUT2D eigenvalue weighted by atomic mass is 16.5. The fourth-order valence-corrected chi connectivity index (χ4v) is 1.88. The second-order valence-corrected chi connectivity index (χ2v) is 4.32. The lowest BCUT2D eigenvalue weighted by Gasteiger charge is -2.19. The highest BCUT2D eigenvalue weighted by Gasteiger charge is 2.20. The van der Waals surface area contributed by atoms with Crippen LogP contribution >= 0.6 is 0 Å². The van der Waals surface area contributed by atoms with Crippen molar-refractivity contribution in [2.75, 3.05) is 11.9 Å². The Morgan fingerprint density at radius 3 is 2.79 bits per heavy atom. The topological polar surface area (TPSA) is 92.7 Å². The van der Waals surface area contributed by atoms with E-state index in [0.717, 1.165) is 0 Å². The van der Waals surface area contributed by atoms with Crippen molar-refractivity contribution in [2.45, 2.75) is 19.8 Å². The van der Waals surface area contributed by atoms with Crippen LogP contribution in [-0.2, 0) is 9.59 Å². The van der Waals surface area contributed by atoms with Crippen LogP contribution in [0.25, 0.3) is 0 Å². The Hall–Kier alpha value is -2.37. The number of hydrogen-bond donors (Lipinski definition) is 2. The molecule has 1 heterocycles. The van der Waals surface area contributed by atoms with Crippen LogP contribution < -0.4 is 10.1 Å². The Morgan fingerprint density at radius 2 is 2.11 bits per heavy atom. The number of aliphatic carboxylic acids is 1. The fraction of sp³-hybridized carbons (Fsp3) is 0.308. The maximum absolute atomic E-state index is 11.9. The predicted molar refractivity (Wildman–Crippen MR) is 66.5 cm³/mol. The molecule has 0 spiro atoms. The van der Waals surface area contributed by atoms with Gasteiger partial charge in [-0.1, -0.05) is 0 Å². The van der Waals surface area contributed by atoms with E-state index in [1.807, 2.05) is 0 Å². The molecule has 100 valence electrons. The number of Topliss-reactive ketones (excluding diaryl/α,β-unsaturated/α-hetero) is 1. The van der Waals surface area contributed by atoms with Crippen molar-refractivity contribution in [3.63, 3.8) is 0 Å². The number of rotatable bonds is 4. The predicted octanol–water partition coefficient (Wildman–Crippen LogP) is 1.37. The Morgan fingerprint density at radius 1 is 1.37 bits per heavy atom. The summed E-state index contributed by atoms with van der Waals surface area (Å²) in [6.07, 6.45) is -0.276. The highest BCUT2D eigenvalue weighted by molar-refractivity contribution is 6.02. The van der Waals surface area contributed by atoms with E-state index in [-0.39, 0.29) is 31.1 Å². The minimum absolute atomic E-state index is 0.0429. The van der Waals surface area contributed by atoms with Crippen molar-refractivity contribution >= 4 is 23.3 Å². The first-order valence-electron chi connectivity index (χ1n) is 5.79. The smallest absolute Gasteiger partial charge is 0.303 e. The number of benzene rings is 1. The van der Waals surface area contributed by atoms with Crippen molar-refractivity contribution in [1.82, 2.24) is 0 Å². The molecule has 2 N–H and O–H groups in total. The molecule has 0 atom stereocenters. The third-order valence-corrected chi connectivity index (χ3v) is 2.83. The molecule has 6 nitrogen and oxygen atoms in total. The van der Waals surface area contributed by atoms with E-state index in [9.17, 15) is 14.4 Å². The maximum Gasteiger partial charge on any atom is 0.303 e. The maximum atomic E-state index is 11.9. The molecule has 0 unspecified atom stereocenters. The van der Waals surface area contributed by atoms with E-state index in [2.05, 4.69) is 5.32 Å². The van der Waals surface area contributed by atoms with E-state index in [0.29, 0.717) is 22.6 Å².